The monoisotopic (exact) mass is 284 g/mol. The molecule has 6 heteroatoms. The van der Waals surface area contributed by atoms with Crippen LogP contribution in [0, 0.1) is 5.92 Å². The topological polar surface area (TPSA) is 103 Å². The number of nitrogen functional groups attached to an aromatic ring is 1. The van der Waals surface area contributed by atoms with Gasteiger partial charge in [0.1, 0.15) is 0 Å². The van der Waals surface area contributed by atoms with E-state index in [-0.39, 0.29) is 22.8 Å². The number of carbonyl (C=O) groups excluding carboxylic acids is 1. The van der Waals surface area contributed by atoms with Gasteiger partial charge in [0.25, 0.3) is 0 Å². The third-order valence-corrected chi connectivity index (χ3v) is 4.42. The summed E-state index contributed by atoms with van der Waals surface area (Å²) in [7, 11) is -3.18. The van der Waals surface area contributed by atoms with Gasteiger partial charge in [0, 0.05) is 11.3 Å². The van der Waals surface area contributed by atoms with Gasteiger partial charge in [0.05, 0.1) is 11.5 Å². The number of hydrogen-bond acceptors (Lipinski definition) is 4. The predicted molar refractivity (Wildman–Crippen MR) is 76.3 cm³/mol. The molecule has 0 saturated heterocycles. The van der Waals surface area contributed by atoms with E-state index in [4.69, 9.17) is 11.5 Å². The molecule has 1 amide bonds. The number of benzene rings is 1. The molecule has 4 N–H and O–H groups in total. The maximum Gasteiger partial charge on any atom is 0.248 e. The highest BCUT2D eigenvalue weighted by atomic mass is 32.2. The standard InChI is InChI=1S/C13H20N2O3S/c1-9(2)5-6-19(17,18)8-11-4-3-10(13(15)16)7-12(11)14/h3-4,7,9H,5-6,8,14H2,1-2H3,(H2,15,16). The molecule has 0 aliphatic heterocycles. The van der Waals surface area contributed by atoms with Crippen LogP contribution in [0.4, 0.5) is 5.69 Å². The first-order chi connectivity index (χ1) is 8.71. The van der Waals surface area contributed by atoms with E-state index in [2.05, 4.69) is 0 Å². The van der Waals surface area contributed by atoms with Crippen molar-refractivity contribution in [2.45, 2.75) is 26.0 Å². The molecule has 19 heavy (non-hydrogen) atoms. The Morgan fingerprint density at radius 1 is 1.32 bits per heavy atom. The van der Waals surface area contributed by atoms with E-state index in [0.29, 0.717) is 17.9 Å². The van der Waals surface area contributed by atoms with E-state index in [1.165, 1.54) is 12.1 Å². The quantitative estimate of drug-likeness (QED) is 0.769. The Morgan fingerprint density at radius 2 is 1.95 bits per heavy atom. The molecule has 0 unspecified atom stereocenters. The Labute approximate surface area is 113 Å². The van der Waals surface area contributed by atoms with Crippen LogP contribution in [0.3, 0.4) is 0 Å². The Morgan fingerprint density at radius 3 is 2.42 bits per heavy atom. The van der Waals surface area contributed by atoms with E-state index in [1.54, 1.807) is 6.07 Å². The predicted octanol–water partition coefficient (Wildman–Crippen LogP) is 1.33. The summed E-state index contributed by atoms with van der Waals surface area (Å²) in [5.41, 5.74) is 11.9. The Balaban J connectivity index is 2.85. The molecule has 0 saturated carbocycles. The molecule has 0 aliphatic carbocycles. The van der Waals surface area contributed by atoms with Crippen LogP contribution in [0.5, 0.6) is 0 Å². The van der Waals surface area contributed by atoms with Gasteiger partial charge in [-0.2, -0.15) is 0 Å². The smallest absolute Gasteiger partial charge is 0.248 e. The number of hydrogen-bond donors (Lipinski definition) is 2. The second-order valence-electron chi connectivity index (χ2n) is 5.05. The first-order valence-corrected chi connectivity index (χ1v) is 7.92. The van der Waals surface area contributed by atoms with Crippen molar-refractivity contribution < 1.29 is 13.2 Å². The minimum Gasteiger partial charge on any atom is -0.398 e. The lowest BCUT2D eigenvalue weighted by Crippen LogP contribution is -2.14. The molecule has 0 aromatic heterocycles. The van der Waals surface area contributed by atoms with Crippen molar-refractivity contribution in [2.75, 3.05) is 11.5 Å². The summed E-state index contributed by atoms with van der Waals surface area (Å²) >= 11 is 0. The van der Waals surface area contributed by atoms with Gasteiger partial charge in [-0.1, -0.05) is 19.9 Å². The number of amides is 1. The Kier molecular flexibility index (Phi) is 4.94. The molecule has 0 bridgehead atoms. The van der Waals surface area contributed by atoms with Gasteiger partial charge in [-0.3, -0.25) is 4.79 Å². The lowest BCUT2D eigenvalue weighted by molar-refractivity contribution is 0.100. The molecular formula is C13H20N2O3S. The van der Waals surface area contributed by atoms with Gasteiger partial charge in [-0.15, -0.1) is 0 Å². The van der Waals surface area contributed by atoms with Crippen molar-refractivity contribution in [3.63, 3.8) is 0 Å². The third-order valence-electron chi connectivity index (χ3n) is 2.81. The highest BCUT2D eigenvalue weighted by molar-refractivity contribution is 7.90. The fourth-order valence-electron chi connectivity index (χ4n) is 1.60. The second kappa shape index (κ2) is 6.06. The maximum absolute atomic E-state index is 11.9. The van der Waals surface area contributed by atoms with E-state index in [0.717, 1.165) is 0 Å². The number of nitrogens with two attached hydrogens (primary N) is 2. The fourth-order valence-corrected chi connectivity index (χ4v) is 3.32. The van der Waals surface area contributed by atoms with Crippen molar-refractivity contribution in [3.8, 4) is 0 Å². The van der Waals surface area contributed by atoms with Crippen molar-refractivity contribution in [3.05, 3.63) is 29.3 Å². The maximum atomic E-state index is 11.9. The fraction of sp³-hybridized carbons (Fsp3) is 0.462. The number of sulfone groups is 1. The van der Waals surface area contributed by atoms with Gasteiger partial charge in [0.15, 0.2) is 9.84 Å². The van der Waals surface area contributed by atoms with E-state index in [9.17, 15) is 13.2 Å². The Hall–Kier alpha value is -1.56. The van der Waals surface area contributed by atoms with Crippen molar-refractivity contribution >= 4 is 21.4 Å². The Bertz CT molecular complexity index is 565. The van der Waals surface area contributed by atoms with Gasteiger partial charge in [-0.05, 0) is 30.0 Å². The van der Waals surface area contributed by atoms with Crippen LogP contribution in [-0.2, 0) is 15.6 Å². The summed E-state index contributed by atoms with van der Waals surface area (Å²) in [4.78, 5) is 11.0. The van der Waals surface area contributed by atoms with Crippen LogP contribution in [0.15, 0.2) is 18.2 Å². The summed E-state index contributed by atoms with van der Waals surface area (Å²) in [6.07, 6.45) is 0.627. The minimum absolute atomic E-state index is 0.107. The molecule has 1 aromatic carbocycles. The minimum atomic E-state index is -3.18. The first kappa shape index (κ1) is 15.5. The summed E-state index contributed by atoms with van der Waals surface area (Å²) in [5, 5.41) is 0. The first-order valence-electron chi connectivity index (χ1n) is 6.10. The molecule has 0 spiro atoms. The van der Waals surface area contributed by atoms with Gasteiger partial charge >= 0.3 is 0 Å². The highest BCUT2D eigenvalue weighted by Crippen LogP contribution is 2.18. The highest BCUT2D eigenvalue weighted by Gasteiger charge is 2.15. The van der Waals surface area contributed by atoms with Crippen LogP contribution in [0.1, 0.15) is 36.2 Å². The zero-order chi connectivity index (χ0) is 14.6. The second-order valence-corrected chi connectivity index (χ2v) is 7.24. The molecule has 0 fully saturated rings. The van der Waals surface area contributed by atoms with Crippen molar-refractivity contribution in [1.82, 2.24) is 0 Å². The zero-order valence-corrected chi connectivity index (χ0v) is 12.0. The van der Waals surface area contributed by atoms with E-state index >= 15 is 0 Å². The molecule has 0 heterocycles. The normalized spacial score (nSPS) is 11.7. The average Bonchev–Trinajstić information content (AvgIpc) is 2.29. The molecule has 0 aliphatic rings. The third kappa shape index (κ3) is 4.90. The molecule has 1 aromatic rings. The van der Waals surface area contributed by atoms with Gasteiger partial charge in [0.2, 0.25) is 5.91 Å². The number of carbonyl (C=O) groups is 1. The average molecular weight is 284 g/mol. The van der Waals surface area contributed by atoms with Crippen LogP contribution in [0.2, 0.25) is 0 Å². The SMILES string of the molecule is CC(C)CCS(=O)(=O)Cc1ccc(C(N)=O)cc1N. The van der Waals surface area contributed by atoms with E-state index < -0.39 is 15.7 Å². The van der Waals surface area contributed by atoms with Crippen LogP contribution < -0.4 is 11.5 Å². The van der Waals surface area contributed by atoms with Crippen molar-refractivity contribution in [2.24, 2.45) is 11.7 Å². The number of primary amides is 1. The van der Waals surface area contributed by atoms with Crippen LogP contribution in [0.25, 0.3) is 0 Å². The van der Waals surface area contributed by atoms with Gasteiger partial charge in [-0.25, -0.2) is 8.42 Å². The summed E-state index contributed by atoms with van der Waals surface area (Å²) < 4.78 is 23.9. The summed E-state index contributed by atoms with van der Waals surface area (Å²) in [6, 6.07) is 4.45. The van der Waals surface area contributed by atoms with E-state index in [1.807, 2.05) is 13.8 Å². The molecule has 0 radical (unpaired) electrons. The molecular weight excluding hydrogens is 264 g/mol. The lowest BCUT2D eigenvalue weighted by atomic mass is 10.1. The summed E-state index contributed by atoms with van der Waals surface area (Å²) in [5.74, 6) is -0.211. The molecule has 1 rings (SSSR count). The molecule has 0 atom stereocenters. The lowest BCUT2D eigenvalue weighted by Gasteiger charge is -2.09. The zero-order valence-electron chi connectivity index (χ0n) is 11.2. The largest absolute Gasteiger partial charge is 0.398 e. The molecule has 5 nitrogen and oxygen atoms in total. The number of anilines is 1. The van der Waals surface area contributed by atoms with Gasteiger partial charge < -0.3 is 11.5 Å². The van der Waals surface area contributed by atoms with Crippen LogP contribution in [-0.4, -0.2) is 20.1 Å². The molecule has 106 valence electrons. The van der Waals surface area contributed by atoms with Crippen molar-refractivity contribution in [1.29, 1.82) is 0 Å². The number of rotatable bonds is 6. The summed E-state index contributed by atoms with van der Waals surface area (Å²) in [6.45, 7) is 3.96. The van der Waals surface area contributed by atoms with Crippen LogP contribution >= 0.6 is 0 Å².